The fraction of sp³-hybridized carbons (Fsp3) is 0.600. The van der Waals surface area contributed by atoms with Crippen molar-refractivity contribution in [1.82, 2.24) is 0 Å². The van der Waals surface area contributed by atoms with Gasteiger partial charge in [-0.05, 0) is 38.8 Å². The minimum atomic E-state index is -0.0818. The standard InChI is InChI=1S/C15H25NO2/c1-5-17-10-12(3)18-15(13(4)16)14-9-7-6-8-11(14)2/h6-9,12-13,15H,5,10,16H2,1-4H3. The summed E-state index contributed by atoms with van der Waals surface area (Å²) in [5.41, 5.74) is 8.42. The topological polar surface area (TPSA) is 44.5 Å². The average molecular weight is 251 g/mol. The van der Waals surface area contributed by atoms with Crippen LogP contribution in [0, 0.1) is 6.92 Å². The van der Waals surface area contributed by atoms with Crippen LogP contribution in [0.15, 0.2) is 24.3 Å². The van der Waals surface area contributed by atoms with Gasteiger partial charge in [0.2, 0.25) is 0 Å². The Hall–Kier alpha value is -0.900. The molecule has 0 bridgehead atoms. The van der Waals surface area contributed by atoms with Crippen molar-refractivity contribution in [2.45, 2.75) is 45.9 Å². The van der Waals surface area contributed by atoms with Crippen molar-refractivity contribution < 1.29 is 9.47 Å². The average Bonchev–Trinajstić information content (AvgIpc) is 2.34. The predicted molar refractivity (Wildman–Crippen MR) is 74.6 cm³/mol. The molecule has 1 aromatic rings. The van der Waals surface area contributed by atoms with Crippen molar-refractivity contribution in [3.8, 4) is 0 Å². The SMILES string of the molecule is CCOCC(C)OC(c1ccccc1C)C(C)N. The number of ether oxygens (including phenoxy) is 2. The number of hydrogen-bond acceptors (Lipinski definition) is 3. The minimum absolute atomic E-state index is 0.0422. The van der Waals surface area contributed by atoms with Gasteiger partial charge >= 0.3 is 0 Å². The molecule has 0 spiro atoms. The zero-order valence-electron chi connectivity index (χ0n) is 11.8. The van der Waals surface area contributed by atoms with Gasteiger partial charge in [-0.25, -0.2) is 0 Å². The van der Waals surface area contributed by atoms with E-state index in [4.69, 9.17) is 15.2 Å². The third kappa shape index (κ3) is 4.41. The van der Waals surface area contributed by atoms with Gasteiger partial charge in [-0.2, -0.15) is 0 Å². The molecule has 0 saturated heterocycles. The van der Waals surface area contributed by atoms with E-state index in [1.807, 2.05) is 32.9 Å². The molecular weight excluding hydrogens is 226 g/mol. The van der Waals surface area contributed by atoms with Gasteiger partial charge in [0, 0.05) is 12.6 Å². The normalized spacial score (nSPS) is 16.3. The highest BCUT2D eigenvalue weighted by atomic mass is 16.5. The third-order valence-corrected chi connectivity index (χ3v) is 2.91. The maximum absolute atomic E-state index is 6.05. The van der Waals surface area contributed by atoms with E-state index in [1.165, 1.54) is 5.56 Å². The second-order valence-electron chi connectivity index (χ2n) is 4.74. The Morgan fingerprint density at radius 3 is 2.44 bits per heavy atom. The molecule has 0 aliphatic carbocycles. The van der Waals surface area contributed by atoms with E-state index >= 15 is 0 Å². The van der Waals surface area contributed by atoms with Crippen LogP contribution in [0.5, 0.6) is 0 Å². The van der Waals surface area contributed by atoms with E-state index in [2.05, 4.69) is 19.1 Å². The molecule has 3 nitrogen and oxygen atoms in total. The van der Waals surface area contributed by atoms with E-state index < -0.39 is 0 Å². The summed E-state index contributed by atoms with van der Waals surface area (Å²) in [4.78, 5) is 0. The van der Waals surface area contributed by atoms with E-state index in [1.54, 1.807) is 0 Å². The molecule has 0 aromatic heterocycles. The molecule has 1 rings (SSSR count). The Labute approximate surface area is 110 Å². The summed E-state index contributed by atoms with van der Waals surface area (Å²) in [6.07, 6.45) is -0.0396. The Balaban J connectivity index is 2.75. The van der Waals surface area contributed by atoms with Crippen LogP contribution in [0.2, 0.25) is 0 Å². The van der Waals surface area contributed by atoms with Crippen LogP contribution >= 0.6 is 0 Å². The van der Waals surface area contributed by atoms with E-state index in [0.29, 0.717) is 13.2 Å². The van der Waals surface area contributed by atoms with Crippen molar-refractivity contribution in [3.63, 3.8) is 0 Å². The summed E-state index contributed by atoms with van der Waals surface area (Å²) in [7, 11) is 0. The first-order valence-corrected chi connectivity index (χ1v) is 6.60. The summed E-state index contributed by atoms with van der Waals surface area (Å²) < 4.78 is 11.4. The lowest BCUT2D eigenvalue weighted by molar-refractivity contribution is -0.0552. The smallest absolute Gasteiger partial charge is 0.0980 e. The second-order valence-corrected chi connectivity index (χ2v) is 4.74. The lowest BCUT2D eigenvalue weighted by Gasteiger charge is -2.27. The highest BCUT2D eigenvalue weighted by molar-refractivity contribution is 5.28. The largest absolute Gasteiger partial charge is 0.379 e. The fourth-order valence-electron chi connectivity index (χ4n) is 1.96. The van der Waals surface area contributed by atoms with Gasteiger partial charge in [-0.3, -0.25) is 0 Å². The second kappa shape index (κ2) is 7.52. The molecule has 0 amide bonds. The molecule has 18 heavy (non-hydrogen) atoms. The molecular formula is C15H25NO2. The molecule has 2 N–H and O–H groups in total. The summed E-state index contributed by atoms with van der Waals surface area (Å²) in [5.74, 6) is 0. The molecule has 102 valence electrons. The van der Waals surface area contributed by atoms with Crippen molar-refractivity contribution in [1.29, 1.82) is 0 Å². The summed E-state index contributed by atoms with van der Waals surface area (Å²) in [6, 6.07) is 8.17. The van der Waals surface area contributed by atoms with Gasteiger partial charge < -0.3 is 15.2 Å². The first-order chi connectivity index (χ1) is 8.56. The number of nitrogens with two attached hydrogens (primary N) is 1. The number of aryl methyl sites for hydroxylation is 1. The molecule has 0 fully saturated rings. The molecule has 0 radical (unpaired) electrons. The van der Waals surface area contributed by atoms with E-state index in [0.717, 1.165) is 5.56 Å². The van der Waals surface area contributed by atoms with Gasteiger partial charge in [-0.15, -0.1) is 0 Å². The quantitative estimate of drug-likeness (QED) is 0.810. The molecule has 3 heteroatoms. The summed E-state index contributed by atoms with van der Waals surface area (Å²) in [5, 5.41) is 0. The molecule has 3 atom stereocenters. The first-order valence-electron chi connectivity index (χ1n) is 6.60. The highest BCUT2D eigenvalue weighted by Crippen LogP contribution is 2.25. The van der Waals surface area contributed by atoms with Gasteiger partial charge in [0.25, 0.3) is 0 Å². The van der Waals surface area contributed by atoms with Crippen LogP contribution in [-0.2, 0) is 9.47 Å². The van der Waals surface area contributed by atoms with Crippen LogP contribution < -0.4 is 5.73 Å². The van der Waals surface area contributed by atoms with Gasteiger partial charge in [-0.1, -0.05) is 24.3 Å². The fourth-order valence-corrected chi connectivity index (χ4v) is 1.96. The summed E-state index contributed by atoms with van der Waals surface area (Å²) in [6.45, 7) is 9.37. The molecule has 0 aliphatic rings. The molecule has 0 heterocycles. The van der Waals surface area contributed by atoms with Crippen LogP contribution in [0.4, 0.5) is 0 Å². The highest BCUT2D eigenvalue weighted by Gasteiger charge is 2.21. The molecule has 0 saturated carbocycles. The first kappa shape index (κ1) is 15.2. The Kier molecular flexibility index (Phi) is 6.33. The van der Waals surface area contributed by atoms with Crippen molar-refractivity contribution >= 4 is 0 Å². The Morgan fingerprint density at radius 1 is 1.22 bits per heavy atom. The maximum Gasteiger partial charge on any atom is 0.0980 e. The summed E-state index contributed by atoms with van der Waals surface area (Å²) >= 11 is 0. The van der Waals surface area contributed by atoms with Crippen molar-refractivity contribution in [2.24, 2.45) is 5.73 Å². The molecule has 1 aromatic carbocycles. The molecule has 3 unspecified atom stereocenters. The zero-order chi connectivity index (χ0) is 13.5. The zero-order valence-corrected chi connectivity index (χ0v) is 11.8. The van der Waals surface area contributed by atoms with E-state index in [-0.39, 0.29) is 18.2 Å². The predicted octanol–water partition coefficient (Wildman–Crippen LogP) is 2.82. The van der Waals surface area contributed by atoms with Crippen molar-refractivity contribution in [2.75, 3.05) is 13.2 Å². The number of hydrogen-bond donors (Lipinski definition) is 1. The number of benzene rings is 1. The minimum Gasteiger partial charge on any atom is -0.379 e. The monoisotopic (exact) mass is 251 g/mol. The Morgan fingerprint density at radius 2 is 1.89 bits per heavy atom. The third-order valence-electron chi connectivity index (χ3n) is 2.91. The van der Waals surface area contributed by atoms with Crippen LogP contribution in [0.25, 0.3) is 0 Å². The molecule has 0 aliphatic heterocycles. The maximum atomic E-state index is 6.05. The lowest BCUT2D eigenvalue weighted by Crippen LogP contribution is -2.31. The van der Waals surface area contributed by atoms with Crippen LogP contribution in [0.1, 0.15) is 38.0 Å². The van der Waals surface area contributed by atoms with Crippen LogP contribution in [0.3, 0.4) is 0 Å². The van der Waals surface area contributed by atoms with Crippen LogP contribution in [-0.4, -0.2) is 25.4 Å². The van der Waals surface area contributed by atoms with Crippen molar-refractivity contribution in [3.05, 3.63) is 35.4 Å². The van der Waals surface area contributed by atoms with Gasteiger partial charge in [0.15, 0.2) is 0 Å². The van der Waals surface area contributed by atoms with Gasteiger partial charge in [0.05, 0.1) is 18.8 Å². The Bertz CT molecular complexity index is 352. The number of rotatable bonds is 7. The lowest BCUT2D eigenvalue weighted by atomic mass is 9.99. The van der Waals surface area contributed by atoms with Gasteiger partial charge in [0.1, 0.15) is 0 Å². The van der Waals surface area contributed by atoms with E-state index in [9.17, 15) is 0 Å².